The first-order valence-electron chi connectivity index (χ1n) is 5.71. The first kappa shape index (κ1) is 14.1. The van der Waals surface area contributed by atoms with Gasteiger partial charge in [-0.15, -0.1) is 11.3 Å². The van der Waals surface area contributed by atoms with Crippen LogP contribution in [-0.4, -0.2) is 6.61 Å². The van der Waals surface area contributed by atoms with Gasteiger partial charge in [0.15, 0.2) is 0 Å². The number of thiophene rings is 1. The summed E-state index contributed by atoms with van der Waals surface area (Å²) in [5, 5.41) is 0. The number of fused-ring (bicyclic) bond motifs is 1. The highest BCUT2D eigenvalue weighted by Crippen LogP contribution is 2.42. The zero-order valence-corrected chi connectivity index (χ0v) is 15.3. The molecule has 1 atom stereocenters. The monoisotopic (exact) mass is 465 g/mol. The quantitative estimate of drug-likeness (QED) is 0.673. The van der Waals surface area contributed by atoms with Crippen molar-refractivity contribution in [3.8, 4) is 5.75 Å². The number of halogens is 3. The predicted octanol–water partition coefficient (Wildman–Crippen LogP) is 5.02. The Morgan fingerprint density at radius 2 is 1.95 bits per heavy atom. The van der Waals surface area contributed by atoms with Crippen LogP contribution in [0.3, 0.4) is 0 Å². The van der Waals surface area contributed by atoms with Crippen molar-refractivity contribution < 1.29 is 4.74 Å². The Labute approximate surface area is 140 Å². The summed E-state index contributed by atoms with van der Waals surface area (Å²) >= 11 is 12.2. The van der Waals surface area contributed by atoms with Crippen molar-refractivity contribution in [2.45, 2.75) is 12.5 Å². The first-order chi connectivity index (χ1) is 9.06. The lowest BCUT2D eigenvalue weighted by molar-refractivity contribution is 0.352. The van der Waals surface area contributed by atoms with Gasteiger partial charge in [0.1, 0.15) is 5.75 Å². The van der Waals surface area contributed by atoms with Crippen molar-refractivity contribution >= 4 is 59.1 Å². The molecule has 1 aliphatic heterocycles. The van der Waals surface area contributed by atoms with Crippen LogP contribution in [0.25, 0.3) is 0 Å². The molecule has 0 bridgehead atoms. The molecule has 19 heavy (non-hydrogen) atoms. The van der Waals surface area contributed by atoms with Crippen LogP contribution in [0.15, 0.2) is 30.2 Å². The molecule has 1 aromatic heterocycles. The third-order valence-corrected chi connectivity index (χ3v) is 5.97. The summed E-state index contributed by atoms with van der Waals surface area (Å²) in [5.41, 5.74) is 9.77. The van der Waals surface area contributed by atoms with Crippen molar-refractivity contribution in [1.29, 1.82) is 0 Å². The smallest absolute Gasteiger partial charge is 0.127 e. The lowest BCUT2D eigenvalue weighted by Crippen LogP contribution is -2.12. The summed E-state index contributed by atoms with van der Waals surface area (Å²) in [6.45, 7) is 0.736. The minimum Gasteiger partial charge on any atom is -0.493 e. The predicted molar refractivity (Wildman–Crippen MR) is 89.1 cm³/mol. The Morgan fingerprint density at radius 3 is 2.63 bits per heavy atom. The zero-order valence-electron chi connectivity index (χ0n) is 9.75. The fourth-order valence-electron chi connectivity index (χ4n) is 2.26. The van der Waals surface area contributed by atoms with Crippen molar-refractivity contribution in [3.05, 3.63) is 46.9 Å². The Kier molecular flexibility index (Phi) is 4.06. The molecule has 2 nitrogen and oxygen atoms in total. The van der Waals surface area contributed by atoms with Crippen LogP contribution < -0.4 is 10.5 Å². The normalized spacial score (nSPS) is 15.2. The Morgan fingerprint density at radius 1 is 1.16 bits per heavy atom. The van der Waals surface area contributed by atoms with Crippen molar-refractivity contribution in [2.75, 3.05) is 6.61 Å². The number of nitrogens with two attached hydrogens (primary N) is 1. The molecule has 2 heterocycles. The van der Waals surface area contributed by atoms with E-state index in [0.29, 0.717) is 0 Å². The van der Waals surface area contributed by atoms with E-state index in [2.05, 4.69) is 59.9 Å². The first-order valence-corrected chi connectivity index (χ1v) is 8.91. The van der Waals surface area contributed by atoms with E-state index < -0.39 is 0 Å². The average Bonchev–Trinajstić information content (AvgIpc) is 2.93. The van der Waals surface area contributed by atoms with E-state index in [1.165, 1.54) is 5.56 Å². The fraction of sp³-hybridized carbons (Fsp3) is 0.231. The van der Waals surface area contributed by atoms with Gasteiger partial charge in [0.05, 0.1) is 20.2 Å². The summed E-state index contributed by atoms with van der Waals surface area (Å²) in [6.07, 6.45) is 0.947. The third kappa shape index (κ3) is 2.65. The average molecular weight is 468 g/mol. The highest BCUT2D eigenvalue weighted by molar-refractivity contribution is 9.12. The lowest BCUT2D eigenvalue weighted by Gasteiger charge is -2.16. The second kappa shape index (κ2) is 5.48. The maximum Gasteiger partial charge on any atom is 0.127 e. The number of ether oxygens (including phenoxy) is 1. The molecule has 0 saturated heterocycles. The van der Waals surface area contributed by atoms with Gasteiger partial charge in [-0.3, -0.25) is 0 Å². The van der Waals surface area contributed by atoms with E-state index in [1.54, 1.807) is 11.3 Å². The van der Waals surface area contributed by atoms with Crippen molar-refractivity contribution in [3.63, 3.8) is 0 Å². The van der Waals surface area contributed by atoms with Gasteiger partial charge in [-0.2, -0.15) is 0 Å². The summed E-state index contributed by atoms with van der Waals surface area (Å²) in [7, 11) is 0. The summed E-state index contributed by atoms with van der Waals surface area (Å²) in [6, 6.07) is 6.02. The Balaban J connectivity index is 2.09. The van der Waals surface area contributed by atoms with E-state index >= 15 is 0 Å². The molecular formula is C13H10Br3NOS. The molecule has 1 aliphatic rings. The molecule has 100 valence electrons. The molecule has 1 unspecified atom stereocenters. The topological polar surface area (TPSA) is 35.2 Å². The highest BCUT2D eigenvalue weighted by atomic mass is 79.9. The lowest BCUT2D eigenvalue weighted by atomic mass is 9.98. The van der Waals surface area contributed by atoms with Gasteiger partial charge in [0.2, 0.25) is 0 Å². The van der Waals surface area contributed by atoms with Crippen molar-refractivity contribution in [2.24, 2.45) is 5.73 Å². The standard InChI is InChI=1S/C13H10Br3NOS/c14-7-3-6-1-2-18-12(6)8(4-7)11(17)9-5-10(15)19-13(9)16/h3-5,11H,1-2,17H2. The van der Waals surface area contributed by atoms with Crippen LogP contribution in [0.5, 0.6) is 5.75 Å². The second-order valence-electron chi connectivity index (χ2n) is 4.34. The minimum absolute atomic E-state index is 0.193. The fourth-order valence-corrected chi connectivity index (χ4v) is 5.71. The molecule has 0 saturated carbocycles. The van der Waals surface area contributed by atoms with Gasteiger partial charge in [-0.25, -0.2) is 0 Å². The van der Waals surface area contributed by atoms with Crippen LogP contribution in [0.2, 0.25) is 0 Å². The number of rotatable bonds is 2. The van der Waals surface area contributed by atoms with Crippen LogP contribution in [-0.2, 0) is 6.42 Å². The van der Waals surface area contributed by atoms with Crippen LogP contribution >= 0.6 is 59.1 Å². The van der Waals surface area contributed by atoms with Crippen LogP contribution in [0.1, 0.15) is 22.7 Å². The molecule has 0 radical (unpaired) electrons. The number of hydrogen-bond donors (Lipinski definition) is 1. The summed E-state index contributed by atoms with van der Waals surface area (Å²) in [4.78, 5) is 0. The molecule has 3 rings (SSSR count). The number of hydrogen-bond acceptors (Lipinski definition) is 3. The van der Waals surface area contributed by atoms with Gasteiger partial charge in [0, 0.05) is 16.5 Å². The van der Waals surface area contributed by atoms with E-state index in [4.69, 9.17) is 10.5 Å². The van der Waals surface area contributed by atoms with Crippen LogP contribution in [0, 0.1) is 0 Å². The van der Waals surface area contributed by atoms with Crippen molar-refractivity contribution in [1.82, 2.24) is 0 Å². The SMILES string of the molecule is NC(c1cc(Br)sc1Br)c1cc(Br)cc2c1OCC2. The van der Waals surface area contributed by atoms with E-state index in [0.717, 1.165) is 41.9 Å². The Bertz CT molecular complexity index is 641. The summed E-state index contributed by atoms with van der Waals surface area (Å²) < 4.78 is 8.92. The molecule has 0 aliphatic carbocycles. The maximum atomic E-state index is 6.43. The molecule has 0 spiro atoms. The molecule has 0 amide bonds. The molecule has 6 heteroatoms. The molecule has 2 aromatic rings. The van der Waals surface area contributed by atoms with Gasteiger partial charge >= 0.3 is 0 Å². The van der Waals surface area contributed by atoms with E-state index in [1.807, 2.05) is 6.07 Å². The van der Waals surface area contributed by atoms with E-state index in [9.17, 15) is 0 Å². The zero-order chi connectivity index (χ0) is 13.6. The molecule has 0 fully saturated rings. The van der Waals surface area contributed by atoms with Gasteiger partial charge in [0.25, 0.3) is 0 Å². The minimum atomic E-state index is -0.193. The van der Waals surface area contributed by atoms with Gasteiger partial charge in [-0.1, -0.05) is 15.9 Å². The van der Waals surface area contributed by atoms with Gasteiger partial charge in [-0.05, 0) is 61.2 Å². The molecule has 2 N–H and O–H groups in total. The molecular weight excluding hydrogens is 458 g/mol. The molecule has 1 aromatic carbocycles. The number of benzene rings is 1. The second-order valence-corrected chi connectivity index (χ2v) is 9.00. The highest BCUT2D eigenvalue weighted by Gasteiger charge is 2.24. The van der Waals surface area contributed by atoms with Gasteiger partial charge < -0.3 is 10.5 Å². The largest absolute Gasteiger partial charge is 0.493 e. The third-order valence-electron chi connectivity index (χ3n) is 3.13. The van der Waals surface area contributed by atoms with E-state index in [-0.39, 0.29) is 6.04 Å². The van der Waals surface area contributed by atoms with Crippen LogP contribution in [0.4, 0.5) is 0 Å². The summed E-state index contributed by atoms with van der Waals surface area (Å²) in [5.74, 6) is 0.949. The Hall–Kier alpha value is 0.120. The maximum absolute atomic E-state index is 6.43.